The van der Waals surface area contributed by atoms with Crippen LogP contribution < -0.4 is 0 Å². The van der Waals surface area contributed by atoms with Gasteiger partial charge in [-0.3, -0.25) is 19.4 Å². The van der Waals surface area contributed by atoms with Crippen LogP contribution in [0.1, 0.15) is 11.3 Å². The average molecular weight is 337 g/mol. The summed E-state index contributed by atoms with van der Waals surface area (Å²) in [6.45, 7) is 5.48. The molecular weight excluding hydrogens is 314 g/mol. The summed E-state index contributed by atoms with van der Waals surface area (Å²) in [5, 5.41) is 3.62. The summed E-state index contributed by atoms with van der Waals surface area (Å²) in [5.41, 5.74) is -0.103. The van der Waals surface area contributed by atoms with Crippen LogP contribution >= 0.6 is 11.3 Å². The molecule has 1 unspecified atom stereocenters. The Hall–Kier alpha value is -0.990. The Balaban J connectivity index is 1.30. The molecule has 6 nitrogen and oxygen atoms in total. The van der Waals surface area contributed by atoms with Gasteiger partial charge in [0.2, 0.25) is 0 Å². The second-order valence-corrected chi connectivity index (χ2v) is 7.81. The Morgan fingerprint density at radius 3 is 2.96 bits per heavy atom. The van der Waals surface area contributed by atoms with Crippen molar-refractivity contribution in [3.05, 3.63) is 22.4 Å². The smallest absolute Gasteiger partial charge is 0.265 e. The molecule has 0 radical (unpaired) electrons. The number of hydrogen-bond donors (Lipinski definition) is 0. The summed E-state index contributed by atoms with van der Waals surface area (Å²) in [7, 11) is 2.02. The number of thiophene rings is 1. The van der Waals surface area contributed by atoms with Gasteiger partial charge in [-0.25, -0.2) is 5.06 Å². The molecule has 1 aromatic heterocycles. The summed E-state index contributed by atoms with van der Waals surface area (Å²) in [6, 6.07) is 4.05. The standard InChI is InChI=1S/C16H23N3O3S/c1-17-10-16(11-18(12-16)8-13-4-2-7-23-13)21-9-14(17)15(20)19-5-3-6-22-19/h2,4,7,14H,3,5-6,8-12H2,1H3. The zero-order valence-electron chi connectivity index (χ0n) is 13.4. The molecule has 126 valence electrons. The number of likely N-dealkylation sites (N-methyl/N-ethyl adjacent to an activating group) is 1. The molecule has 3 fully saturated rings. The van der Waals surface area contributed by atoms with Gasteiger partial charge < -0.3 is 4.74 Å². The fraction of sp³-hybridized carbons (Fsp3) is 0.688. The maximum Gasteiger partial charge on any atom is 0.265 e. The van der Waals surface area contributed by atoms with Gasteiger partial charge in [-0.1, -0.05) is 6.07 Å². The molecular formula is C16H23N3O3S. The first-order valence-electron chi connectivity index (χ1n) is 8.18. The Kier molecular flexibility index (Phi) is 4.15. The molecule has 0 aliphatic carbocycles. The van der Waals surface area contributed by atoms with E-state index in [9.17, 15) is 4.79 Å². The Morgan fingerprint density at radius 1 is 1.43 bits per heavy atom. The molecule has 3 aliphatic heterocycles. The third-order valence-electron chi connectivity index (χ3n) is 4.88. The second-order valence-electron chi connectivity index (χ2n) is 6.78. The van der Waals surface area contributed by atoms with Gasteiger partial charge in [0.15, 0.2) is 0 Å². The van der Waals surface area contributed by atoms with Crippen LogP contribution in [-0.2, 0) is 20.9 Å². The van der Waals surface area contributed by atoms with E-state index in [2.05, 4.69) is 27.3 Å². The van der Waals surface area contributed by atoms with Crippen LogP contribution in [0, 0.1) is 0 Å². The van der Waals surface area contributed by atoms with Crippen molar-refractivity contribution < 1.29 is 14.4 Å². The molecule has 0 saturated carbocycles. The molecule has 3 aliphatic rings. The highest BCUT2D eigenvalue weighted by Crippen LogP contribution is 2.32. The van der Waals surface area contributed by atoms with Crippen LogP contribution in [0.25, 0.3) is 0 Å². The monoisotopic (exact) mass is 337 g/mol. The van der Waals surface area contributed by atoms with Gasteiger partial charge in [-0.05, 0) is 24.9 Å². The number of nitrogens with zero attached hydrogens (tertiary/aromatic N) is 3. The van der Waals surface area contributed by atoms with Gasteiger partial charge in [0.05, 0.1) is 19.8 Å². The highest BCUT2D eigenvalue weighted by molar-refractivity contribution is 7.09. The third kappa shape index (κ3) is 3.04. The Morgan fingerprint density at radius 2 is 2.30 bits per heavy atom. The van der Waals surface area contributed by atoms with Crippen LogP contribution in [0.5, 0.6) is 0 Å². The van der Waals surface area contributed by atoms with Gasteiger partial charge in [0.1, 0.15) is 11.6 Å². The topological polar surface area (TPSA) is 45.2 Å². The minimum atomic E-state index is -0.218. The number of likely N-dealkylation sites (tertiary alicyclic amines) is 1. The van der Waals surface area contributed by atoms with Crippen LogP contribution in [0.3, 0.4) is 0 Å². The van der Waals surface area contributed by atoms with E-state index in [1.807, 2.05) is 7.05 Å². The van der Waals surface area contributed by atoms with Crippen molar-refractivity contribution in [2.45, 2.75) is 24.6 Å². The summed E-state index contributed by atoms with van der Waals surface area (Å²) in [5.74, 6) is 0.0367. The largest absolute Gasteiger partial charge is 0.369 e. The maximum absolute atomic E-state index is 12.5. The van der Waals surface area contributed by atoms with E-state index in [4.69, 9.17) is 9.57 Å². The lowest BCUT2D eigenvalue weighted by molar-refractivity contribution is -0.212. The fourth-order valence-corrected chi connectivity index (χ4v) is 4.48. The van der Waals surface area contributed by atoms with Crippen LogP contribution in [-0.4, -0.2) is 78.9 Å². The van der Waals surface area contributed by atoms with Crippen LogP contribution in [0.4, 0.5) is 0 Å². The minimum Gasteiger partial charge on any atom is -0.369 e. The first-order chi connectivity index (χ1) is 11.2. The molecule has 4 rings (SSSR count). The molecule has 0 aromatic carbocycles. The van der Waals surface area contributed by atoms with Crippen molar-refractivity contribution >= 4 is 17.2 Å². The molecule has 1 aromatic rings. The van der Waals surface area contributed by atoms with E-state index in [0.29, 0.717) is 19.8 Å². The number of hydroxylamine groups is 2. The van der Waals surface area contributed by atoms with Crippen molar-refractivity contribution in [3.63, 3.8) is 0 Å². The molecule has 23 heavy (non-hydrogen) atoms. The van der Waals surface area contributed by atoms with Gasteiger partial charge in [-0.15, -0.1) is 11.3 Å². The summed E-state index contributed by atoms with van der Waals surface area (Å²) in [6.07, 6.45) is 0.921. The Labute approximate surface area is 140 Å². The van der Waals surface area contributed by atoms with E-state index >= 15 is 0 Å². The van der Waals surface area contributed by atoms with E-state index in [-0.39, 0.29) is 17.6 Å². The molecule has 1 amide bonds. The zero-order valence-corrected chi connectivity index (χ0v) is 14.3. The van der Waals surface area contributed by atoms with Crippen LogP contribution in [0.15, 0.2) is 17.5 Å². The Bertz CT molecular complexity index is 553. The van der Waals surface area contributed by atoms with Crippen molar-refractivity contribution in [2.75, 3.05) is 46.4 Å². The fourth-order valence-electron chi connectivity index (χ4n) is 3.74. The highest BCUT2D eigenvalue weighted by atomic mass is 32.1. The predicted octanol–water partition coefficient (Wildman–Crippen LogP) is 0.797. The van der Waals surface area contributed by atoms with Gasteiger partial charge in [0.25, 0.3) is 5.91 Å². The number of carbonyl (C=O) groups excluding carboxylic acids is 1. The lowest BCUT2D eigenvalue weighted by Crippen LogP contribution is -2.72. The lowest BCUT2D eigenvalue weighted by Gasteiger charge is -2.55. The summed E-state index contributed by atoms with van der Waals surface area (Å²) < 4.78 is 6.13. The van der Waals surface area contributed by atoms with Crippen molar-refractivity contribution in [1.82, 2.24) is 14.9 Å². The van der Waals surface area contributed by atoms with E-state index in [1.165, 1.54) is 9.94 Å². The van der Waals surface area contributed by atoms with Crippen LogP contribution in [0.2, 0.25) is 0 Å². The van der Waals surface area contributed by atoms with Gasteiger partial charge >= 0.3 is 0 Å². The molecule has 1 spiro atoms. The lowest BCUT2D eigenvalue weighted by atomic mass is 9.90. The molecule has 3 saturated heterocycles. The van der Waals surface area contributed by atoms with Crippen molar-refractivity contribution in [1.29, 1.82) is 0 Å². The number of carbonyl (C=O) groups is 1. The summed E-state index contributed by atoms with van der Waals surface area (Å²) >= 11 is 1.80. The third-order valence-corrected chi connectivity index (χ3v) is 5.74. The minimum absolute atomic E-state index is 0.0367. The maximum atomic E-state index is 12.5. The number of ether oxygens (including phenoxy) is 1. The van der Waals surface area contributed by atoms with Gasteiger partial charge in [0, 0.05) is 31.1 Å². The molecule has 0 N–H and O–H groups in total. The first kappa shape index (κ1) is 15.5. The number of amides is 1. The SMILES string of the molecule is CN1CC2(CN(Cc3cccs3)C2)OCC1C(=O)N1CCCO1. The molecule has 0 bridgehead atoms. The van der Waals surface area contributed by atoms with Crippen molar-refractivity contribution in [2.24, 2.45) is 0 Å². The van der Waals surface area contributed by atoms with E-state index in [0.717, 1.165) is 32.6 Å². The van der Waals surface area contributed by atoms with Gasteiger partial charge in [-0.2, -0.15) is 0 Å². The van der Waals surface area contributed by atoms with Crippen molar-refractivity contribution in [3.8, 4) is 0 Å². The number of morpholine rings is 1. The quantitative estimate of drug-likeness (QED) is 0.816. The summed E-state index contributed by atoms with van der Waals surface area (Å²) in [4.78, 5) is 23.8. The second kappa shape index (κ2) is 6.14. The first-order valence-corrected chi connectivity index (χ1v) is 9.06. The number of rotatable bonds is 3. The zero-order chi connectivity index (χ0) is 15.9. The molecule has 1 atom stereocenters. The number of hydrogen-bond acceptors (Lipinski definition) is 6. The normalized spacial score (nSPS) is 28.2. The van der Waals surface area contributed by atoms with E-state index < -0.39 is 0 Å². The van der Waals surface area contributed by atoms with E-state index in [1.54, 1.807) is 11.3 Å². The average Bonchev–Trinajstić information content (AvgIpc) is 3.18. The predicted molar refractivity (Wildman–Crippen MR) is 87.0 cm³/mol. The molecule has 7 heteroatoms. The highest BCUT2D eigenvalue weighted by Gasteiger charge is 2.50. The molecule has 4 heterocycles.